The fourth-order valence-electron chi connectivity index (χ4n) is 3.20. The lowest BCUT2D eigenvalue weighted by Crippen LogP contribution is -2.45. The molecule has 3 N–H and O–H groups in total. The Morgan fingerprint density at radius 1 is 1.13 bits per heavy atom. The van der Waals surface area contributed by atoms with Crippen molar-refractivity contribution in [1.82, 2.24) is 15.1 Å². The number of hydrogen-bond donors (Lipinski definition) is 2. The number of nitrogens with zero attached hydrogens (tertiary/aromatic N) is 2. The van der Waals surface area contributed by atoms with Crippen molar-refractivity contribution in [1.29, 1.82) is 0 Å². The molecule has 0 radical (unpaired) electrons. The van der Waals surface area contributed by atoms with Crippen LogP contribution in [0.5, 0.6) is 0 Å². The maximum absolute atomic E-state index is 12.1. The van der Waals surface area contributed by atoms with Gasteiger partial charge in [0.2, 0.25) is 5.91 Å². The minimum atomic E-state index is 0. The molecule has 0 aromatic carbocycles. The summed E-state index contributed by atoms with van der Waals surface area (Å²) in [7, 11) is 2.17. The van der Waals surface area contributed by atoms with Crippen LogP contribution >= 0.6 is 37.2 Å². The fraction of sp³-hybridized carbons (Fsp3) is 0.933. The summed E-state index contributed by atoms with van der Waals surface area (Å²) in [4.78, 5) is 16.9. The molecule has 1 heterocycles. The molecule has 5 nitrogen and oxygen atoms in total. The molecule has 140 valence electrons. The molecule has 8 heteroatoms. The molecular formula is C15H33Cl3N4O. The lowest BCUT2D eigenvalue weighted by molar-refractivity contribution is -0.126. The first-order valence-electron chi connectivity index (χ1n) is 8.09. The Kier molecular flexibility index (Phi) is 14.9. The second kappa shape index (κ2) is 13.5. The third-order valence-electron chi connectivity index (χ3n) is 4.63. The molecule has 0 aromatic rings. The third kappa shape index (κ3) is 9.32. The van der Waals surface area contributed by atoms with Gasteiger partial charge in [0.25, 0.3) is 0 Å². The maximum atomic E-state index is 12.1. The van der Waals surface area contributed by atoms with Crippen LogP contribution in [0.1, 0.15) is 32.1 Å². The summed E-state index contributed by atoms with van der Waals surface area (Å²) >= 11 is 0. The number of halogens is 3. The van der Waals surface area contributed by atoms with Gasteiger partial charge in [0.05, 0.1) is 0 Å². The Morgan fingerprint density at radius 2 is 1.78 bits per heavy atom. The number of nitrogens with two attached hydrogens (primary N) is 1. The molecule has 0 spiro atoms. The highest BCUT2D eigenvalue weighted by Gasteiger charge is 2.24. The van der Waals surface area contributed by atoms with E-state index in [1.54, 1.807) is 0 Å². The van der Waals surface area contributed by atoms with Gasteiger partial charge in [0, 0.05) is 44.7 Å². The molecule has 1 saturated carbocycles. The van der Waals surface area contributed by atoms with Crippen LogP contribution in [0, 0.1) is 5.92 Å². The van der Waals surface area contributed by atoms with Gasteiger partial charge < -0.3 is 20.9 Å². The van der Waals surface area contributed by atoms with Gasteiger partial charge in [-0.25, -0.2) is 0 Å². The van der Waals surface area contributed by atoms with Gasteiger partial charge in [-0.15, -0.1) is 37.2 Å². The van der Waals surface area contributed by atoms with Crippen LogP contribution in [0.15, 0.2) is 0 Å². The zero-order valence-electron chi connectivity index (χ0n) is 14.0. The summed E-state index contributed by atoms with van der Waals surface area (Å²) in [6, 6.07) is 0.227. The Morgan fingerprint density at radius 3 is 2.39 bits per heavy atom. The van der Waals surface area contributed by atoms with Gasteiger partial charge in [0.15, 0.2) is 0 Å². The predicted octanol–water partition coefficient (Wildman–Crippen LogP) is 1.52. The van der Waals surface area contributed by atoms with Gasteiger partial charge >= 0.3 is 0 Å². The van der Waals surface area contributed by atoms with Gasteiger partial charge in [-0.3, -0.25) is 4.79 Å². The van der Waals surface area contributed by atoms with Crippen LogP contribution in [-0.2, 0) is 4.79 Å². The van der Waals surface area contributed by atoms with E-state index in [0.29, 0.717) is 0 Å². The van der Waals surface area contributed by atoms with E-state index in [2.05, 4.69) is 22.2 Å². The Hall–Kier alpha value is 0.220. The normalized spacial score (nSPS) is 25.5. The maximum Gasteiger partial charge on any atom is 0.223 e. The van der Waals surface area contributed by atoms with E-state index in [-0.39, 0.29) is 55.1 Å². The summed E-state index contributed by atoms with van der Waals surface area (Å²) in [5, 5.41) is 3.09. The van der Waals surface area contributed by atoms with Gasteiger partial charge in [-0.05, 0) is 39.3 Å². The summed E-state index contributed by atoms with van der Waals surface area (Å²) in [6.45, 7) is 6.53. The summed E-state index contributed by atoms with van der Waals surface area (Å²) < 4.78 is 0. The first-order chi connectivity index (χ1) is 9.65. The molecule has 0 aromatic heterocycles. The third-order valence-corrected chi connectivity index (χ3v) is 4.63. The molecule has 2 atom stereocenters. The Labute approximate surface area is 159 Å². The van der Waals surface area contributed by atoms with E-state index in [9.17, 15) is 4.79 Å². The van der Waals surface area contributed by atoms with Crippen molar-refractivity contribution in [3.63, 3.8) is 0 Å². The van der Waals surface area contributed by atoms with Crippen LogP contribution < -0.4 is 11.1 Å². The lowest BCUT2D eigenvalue weighted by Gasteiger charge is -2.32. The average Bonchev–Trinajstić information content (AvgIpc) is 2.45. The average molecular weight is 392 g/mol. The number of hydrogen-bond acceptors (Lipinski definition) is 4. The summed E-state index contributed by atoms with van der Waals surface area (Å²) in [5.41, 5.74) is 5.94. The minimum Gasteiger partial charge on any atom is -0.356 e. The molecule has 2 unspecified atom stereocenters. The zero-order valence-corrected chi connectivity index (χ0v) is 16.5. The lowest BCUT2D eigenvalue weighted by atomic mass is 9.85. The van der Waals surface area contributed by atoms with E-state index in [4.69, 9.17) is 5.73 Å². The highest BCUT2D eigenvalue weighted by molar-refractivity contribution is 5.86. The summed E-state index contributed by atoms with van der Waals surface area (Å²) in [6.07, 6.45) is 5.10. The molecule has 1 amide bonds. The molecule has 2 aliphatic rings. The predicted molar refractivity (Wildman–Crippen MR) is 103 cm³/mol. The molecule has 0 bridgehead atoms. The Balaban J connectivity index is 0. The van der Waals surface area contributed by atoms with Crippen molar-refractivity contribution in [3.05, 3.63) is 0 Å². The van der Waals surface area contributed by atoms with Crippen molar-refractivity contribution in [2.24, 2.45) is 11.7 Å². The van der Waals surface area contributed by atoms with Crippen LogP contribution in [0.4, 0.5) is 0 Å². The number of likely N-dealkylation sites (N-methyl/N-ethyl adjacent to an activating group) is 1. The minimum absolute atomic E-state index is 0. The standard InChI is InChI=1S/C15H30N4O.3ClH/c1-18-8-10-19(11-9-18)7-3-6-17-15(20)13-4-2-5-14(16)12-13;;;/h13-14H,2-12,16H2,1H3,(H,17,20);3*1H. The highest BCUT2D eigenvalue weighted by atomic mass is 35.5. The number of rotatable bonds is 5. The number of nitrogens with one attached hydrogen (secondary N) is 1. The van der Waals surface area contributed by atoms with Crippen LogP contribution in [0.2, 0.25) is 0 Å². The van der Waals surface area contributed by atoms with Gasteiger partial charge in [-0.2, -0.15) is 0 Å². The molecule has 1 aliphatic heterocycles. The first kappa shape index (κ1) is 25.5. The first-order valence-corrected chi connectivity index (χ1v) is 8.09. The smallest absolute Gasteiger partial charge is 0.223 e. The number of piperazine rings is 1. The molecule has 23 heavy (non-hydrogen) atoms. The monoisotopic (exact) mass is 390 g/mol. The molecule has 1 aliphatic carbocycles. The van der Waals surface area contributed by atoms with E-state index >= 15 is 0 Å². The SMILES string of the molecule is CN1CCN(CCCNC(=O)C2CCCC(N)C2)CC1.Cl.Cl.Cl. The van der Waals surface area contributed by atoms with Crippen molar-refractivity contribution in [2.45, 2.75) is 38.1 Å². The molecule has 2 fully saturated rings. The topological polar surface area (TPSA) is 61.6 Å². The van der Waals surface area contributed by atoms with Crippen molar-refractivity contribution < 1.29 is 4.79 Å². The number of carbonyl (C=O) groups is 1. The fourth-order valence-corrected chi connectivity index (χ4v) is 3.20. The summed E-state index contributed by atoms with van der Waals surface area (Å²) in [5.74, 6) is 0.376. The number of carbonyl (C=O) groups excluding carboxylic acids is 1. The van der Waals surface area contributed by atoms with Gasteiger partial charge in [-0.1, -0.05) is 6.42 Å². The van der Waals surface area contributed by atoms with Crippen LogP contribution in [0.25, 0.3) is 0 Å². The number of amides is 1. The highest BCUT2D eigenvalue weighted by Crippen LogP contribution is 2.22. The second-order valence-electron chi connectivity index (χ2n) is 6.41. The van der Waals surface area contributed by atoms with Crippen LogP contribution in [-0.4, -0.2) is 68.1 Å². The molecule has 1 saturated heterocycles. The van der Waals surface area contributed by atoms with Crippen molar-refractivity contribution >= 4 is 43.1 Å². The van der Waals surface area contributed by atoms with E-state index in [1.807, 2.05) is 0 Å². The van der Waals surface area contributed by atoms with Gasteiger partial charge in [0.1, 0.15) is 0 Å². The second-order valence-corrected chi connectivity index (χ2v) is 6.41. The van der Waals surface area contributed by atoms with E-state index in [0.717, 1.165) is 71.4 Å². The van der Waals surface area contributed by atoms with E-state index < -0.39 is 0 Å². The molecule has 2 rings (SSSR count). The molecular weight excluding hydrogens is 359 g/mol. The largest absolute Gasteiger partial charge is 0.356 e. The van der Waals surface area contributed by atoms with E-state index in [1.165, 1.54) is 0 Å². The zero-order chi connectivity index (χ0) is 14.4. The van der Waals surface area contributed by atoms with Crippen LogP contribution in [0.3, 0.4) is 0 Å². The Bertz CT molecular complexity index is 315. The van der Waals surface area contributed by atoms with Crippen molar-refractivity contribution in [2.75, 3.05) is 46.3 Å². The quantitative estimate of drug-likeness (QED) is 0.698. The van der Waals surface area contributed by atoms with Crippen molar-refractivity contribution in [3.8, 4) is 0 Å².